The first-order chi connectivity index (χ1) is 11.4. The quantitative estimate of drug-likeness (QED) is 0.250. The van der Waals surface area contributed by atoms with E-state index in [0.717, 1.165) is 19.3 Å². The average molecular weight is 350 g/mol. The third-order valence-electron chi connectivity index (χ3n) is 3.87. The van der Waals surface area contributed by atoms with Gasteiger partial charge in [0, 0.05) is 12.8 Å². The minimum atomic E-state index is -1.59. The van der Waals surface area contributed by atoms with Gasteiger partial charge in [0.25, 0.3) is 0 Å². The van der Waals surface area contributed by atoms with Crippen LogP contribution in [0.1, 0.15) is 44.9 Å². The molecule has 1 heterocycles. The highest BCUT2D eigenvalue weighted by atomic mass is 16.7. The number of rotatable bonds is 10. The number of carbonyl (C=O) groups is 2. The number of hydrogen-bond donors (Lipinski definition) is 5. The maximum atomic E-state index is 11.7. The molecule has 24 heavy (non-hydrogen) atoms. The average Bonchev–Trinajstić information content (AvgIpc) is 2.54. The number of carboxylic acid groups (broad SMARTS) is 1. The van der Waals surface area contributed by atoms with Gasteiger partial charge in [-0.25, -0.2) is 0 Å². The normalized spacial score (nSPS) is 30.1. The highest BCUT2D eigenvalue weighted by molar-refractivity contribution is 5.69. The highest BCUT2D eigenvalue weighted by Crippen LogP contribution is 2.22. The van der Waals surface area contributed by atoms with E-state index in [-0.39, 0.29) is 12.8 Å². The zero-order valence-corrected chi connectivity index (χ0v) is 13.4. The van der Waals surface area contributed by atoms with E-state index in [2.05, 4.69) is 0 Å². The first-order valence-electron chi connectivity index (χ1n) is 8.08. The third-order valence-corrected chi connectivity index (χ3v) is 3.87. The molecule has 0 radical (unpaired) electrons. The third kappa shape index (κ3) is 6.70. The van der Waals surface area contributed by atoms with Gasteiger partial charge in [0.1, 0.15) is 24.4 Å². The van der Waals surface area contributed by atoms with Crippen molar-refractivity contribution in [2.24, 2.45) is 0 Å². The second-order valence-corrected chi connectivity index (χ2v) is 5.85. The van der Waals surface area contributed by atoms with E-state index >= 15 is 0 Å². The monoisotopic (exact) mass is 350 g/mol. The number of carbonyl (C=O) groups excluding carboxylic acids is 1. The zero-order valence-electron chi connectivity index (χ0n) is 13.4. The Morgan fingerprint density at radius 3 is 2.04 bits per heavy atom. The van der Waals surface area contributed by atoms with Crippen molar-refractivity contribution in [1.29, 1.82) is 0 Å². The maximum Gasteiger partial charge on any atom is 0.308 e. The molecule has 5 N–H and O–H groups in total. The summed E-state index contributed by atoms with van der Waals surface area (Å²) in [7, 11) is 0. The molecule has 9 nitrogen and oxygen atoms in total. The van der Waals surface area contributed by atoms with E-state index in [1.807, 2.05) is 0 Å². The number of hydrogen-bond acceptors (Lipinski definition) is 8. The van der Waals surface area contributed by atoms with Crippen molar-refractivity contribution in [2.45, 2.75) is 75.7 Å². The van der Waals surface area contributed by atoms with Crippen molar-refractivity contribution in [2.75, 3.05) is 6.61 Å². The Bertz CT molecular complexity index is 398. The zero-order chi connectivity index (χ0) is 18.1. The van der Waals surface area contributed by atoms with E-state index < -0.39 is 49.3 Å². The molecule has 1 fully saturated rings. The Labute approximate surface area is 139 Å². The van der Waals surface area contributed by atoms with Gasteiger partial charge in [0.05, 0.1) is 6.61 Å². The number of aliphatic hydroxyl groups is 4. The fourth-order valence-electron chi connectivity index (χ4n) is 2.43. The number of unbranched alkanes of at least 4 members (excludes halogenated alkanes) is 4. The molecule has 1 rings (SSSR count). The molecule has 0 aromatic heterocycles. The van der Waals surface area contributed by atoms with E-state index in [9.17, 15) is 24.9 Å². The summed E-state index contributed by atoms with van der Waals surface area (Å²) < 4.78 is 10.0. The van der Waals surface area contributed by atoms with Gasteiger partial charge < -0.3 is 35.0 Å². The largest absolute Gasteiger partial charge is 0.481 e. The van der Waals surface area contributed by atoms with Crippen LogP contribution in [0.15, 0.2) is 0 Å². The van der Waals surface area contributed by atoms with E-state index in [1.54, 1.807) is 0 Å². The second kappa shape index (κ2) is 10.6. The number of aliphatic carboxylic acids is 1. The van der Waals surface area contributed by atoms with Crippen LogP contribution in [-0.2, 0) is 19.1 Å². The van der Waals surface area contributed by atoms with Crippen molar-refractivity contribution >= 4 is 11.9 Å². The summed E-state index contributed by atoms with van der Waals surface area (Å²) >= 11 is 0. The predicted molar refractivity (Wildman–Crippen MR) is 79.8 cm³/mol. The number of esters is 1. The second-order valence-electron chi connectivity index (χ2n) is 5.85. The molecule has 1 saturated heterocycles. The van der Waals surface area contributed by atoms with Crippen LogP contribution in [0.25, 0.3) is 0 Å². The van der Waals surface area contributed by atoms with Crippen LogP contribution < -0.4 is 0 Å². The van der Waals surface area contributed by atoms with Gasteiger partial charge in [-0.15, -0.1) is 0 Å². The molecular weight excluding hydrogens is 324 g/mol. The van der Waals surface area contributed by atoms with Crippen LogP contribution in [0.5, 0.6) is 0 Å². The van der Waals surface area contributed by atoms with Crippen LogP contribution in [0.3, 0.4) is 0 Å². The molecule has 5 unspecified atom stereocenters. The number of ether oxygens (including phenoxy) is 2. The summed E-state index contributed by atoms with van der Waals surface area (Å²) in [5.41, 5.74) is 0. The molecule has 0 saturated carbocycles. The van der Waals surface area contributed by atoms with E-state index in [1.165, 1.54) is 0 Å². The number of aliphatic hydroxyl groups excluding tert-OH is 4. The van der Waals surface area contributed by atoms with Gasteiger partial charge >= 0.3 is 11.9 Å². The molecule has 0 aromatic rings. The highest BCUT2D eigenvalue weighted by Gasteiger charge is 2.45. The van der Waals surface area contributed by atoms with Crippen LogP contribution in [0.4, 0.5) is 0 Å². The van der Waals surface area contributed by atoms with Crippen molar-refractivity contribution in [3.63, 3.8) is 0 Å². The van der Waals surface area contributed by atoms with Crippen LogP contribution >= 0.6 is 0 Å². The SMILES string of the molecule is O=C(O)CCCCCCCC(=O)OC1OC(CO)C(O)C(O)C1O. The van der Waals surface area contributed by atoms with Gasteiger partial charge in [-0.1, -0.05) is 19.3 Å². The van der Waals surface area contributed by atoms with Crippen LogP contribution in [0.2, 0.25) is 0 Å². The predicted octanol–water partition coefficient (Wildman–Crippen LogP) is -0.855. The Balaban J connectivity index is 2.23. The lowest BCUT2D eigenvalue weighted by Gasteiger charge is -2.39. The minimum Gasteiger partial charge on any atom is -0.481 e. The van der Waals surface area contributed by atoms with Crippen molar-refractivity contribution in [1.82, 2.24) is 0 Å². The van der Waals surface area contributed by atoms with Gasteiger partial charge in [0.15, 0.2) is 0 Å². The fourth-order valence-corrected chi connectivity index (χ4v) is 2.43. The van der Waals surface area contributed by atoms with E-state index in [0.29, 0.717) is 12.8 Å². The molecule has 5 atom stereocenters. The molecule has 0 amide bonds. The van der Waals surface area contributed by atoms with Crippen molar-refractivity contribution in [3.05, 3.63) is 0 Å². The first kappa shape index (κ1) is 20.8. The molecule has 0 aromatic carbocycles. The summed E-state index contributed by atoms with van der Waals surface area (Å²) in [6.07, 6.45) is -3.53. The van der Waals surface area contributed by atoms with E-state index in [4.69, 9.17) is 19.7 Å². The molecule has 0 bridgehead atoms. The topological polar surface area (TPSA) is 154 Å². The fraction of sp³-hybridized carbons (Fsp3) is 0.867. The summed E-state index contributed by atoms with van der Waals surface area (Å²) in [5, 5.41) is 46.5. The molecule has 9 heteroatoms. The van der Waals surface area contributed by atoms with Crippen molar-refractivity contribution in [3.8, 4) is 0 Å². The minimum absolute atomic E-state index is 0.0912. The van der Waals surface area contributed by atoms with Gasteiger partial charge in [-0.3, -0.25) is 9.59 Å². The van der Waals surface area contributed by atoms with Gasteiger partial charge in [-0.2, -0.15) is 0 Å². The first-order valence-corrected chi connectivity index (χ1v) is 8.08. The lowest BCUT2D eigenvalue weighted by molar-refractivity contribution is -0.292. The Kier molecular flexibility index (Phi) is 9.16. The summed E-state index contributed by atoms with van der Waals surface area (Å²) in [6, 6.07) is 0. The Morgan fingerprint density at radius 2 is 1.46 bits per heavy atom. The molecule has 0 spiro atoms. The van der Waals surface area contributed by atoms with Gasteiger partial charge in [0.2, 0.25) is 6.29 Å². The Hall–Kier alpha value is -1.26. The smallest absolute Gasteiger partial charge is 0.308 e. The summed E-state index contributed by atoms with van der Waals surface area (Å²) in [4.78, 5) is 22.1. The Morgan fingerprint density at radius 1 is 0.875 bits per heavy atom. The van der Waals surface area contributed by atoms with Crippen LogP contribution in [0, 0.1) is 0 Å². The molecule has 0 aliphatic carbocycles. The summed E-state index contributed by atoms with van der Waals surface area (Å²) in [6.45, 7) is -0.588. The standard InChI is InChI=1S/C15H26O9/c16-8-9-12(20)13(21)14(22)15(23-9)24-11(19)7-5-3-1-2-4-6-10(17)18/h9,12-16,20-22H,1-8H2,(H,17,18). The lowest BCUT2D eigenvalue weighted by atomic mass is 9.99. The summed E-state index contributed by atoms with van der Waals surface area (Å²) in [5.74, 6) is -1.44. The van der Waals surface area contributed by atoms with Crippen LogP contribution in [-0.4, -0.2) is 74.8 Å². The molecule has 1 aliphatic heterocycles. The molecule has 140 valence electrons. The van der Waals surface area contributed by atoms with Gasteiger partial charge in [-0.05, 0) is 12.8 Å². The molecular formula is C15H26O9. The van der Waals surface area contributed by atoms with Crippen molar-refractivity contribution < 1.29 is 44.6 Å². The lowest BCUT2D eigenvalue weighted by Crippen LogP contribution is -2.59. The number of carboxylic acids is 1. The molecule has 1 aliphatic rings. The maximum absolute atomic E-state index is 11.7.